The van der Waals surface area contributed by atoms with Crippen molar-refractivity contribution >= 4 is 5.78 Å². The van der Waals surface area contributed by atoms with Gasteiger partial charge in [0.25, 0.3) is 0 Å². The molecule has 2 aromatic rings. The van der Waals surface area contributed by atoms with Gasteiger partial charge in [0, 0.05) is 11.1 Å². The Hall–Kier alpha value is -2.37. The summed E-state index contributed by atoms with van der Waals surface area (Å²) in [5.41, 5.74) is 1.02. The number of phenols is 1. The highest BCUT2D eigenvalue weighted by Gasteiger charge is 2.28. The maximum atomic E-state index is 13.4. The van der Waals surface area contributed by atoms with Crippen LogP contribution in [0.1, 0.15) is 22.5 Å². The van der Waals surface area contributed by atoms with Crippen LogP contribution in [0.15, 0.2) is 24.3 Å². The fourth-order valence-electron chi connectivity index (χ4n) is 2.35. The smallest absolute Gasteiger partial charge is 0.198 e. The number of nitrogens with zero attached hydrogens (tertiary/aromatic N) is 1. The van der Waals surface area contributed by atoms with Crippen molar-refractivity contribution in [2.45, 2.75) is 19.0 Å². The number of aromatic nitrogens is 1. The van der Waals surface area contributed by atoms with Crippen LogP contribution in [0, 0.1) is 11.6 Å². The summed E-state index contributed by atoms with van der Waals surface area (Å²) in [5.74, 6) is -3.85. The number of pyridine rings is 1. The van der Waals surface area contributed by atoms with E-state index in [9.17, 15) is 18.0 Å². The van der Waals surface area contributed by atoms with E-state index < -0.39 is 29.3 Å². The van der Waals surface area contributed by atoms with Gasteiger partial charge in [-0.15, -0.1) is 0 Å². The first kappa shape index (κ1) is 13.6. The SMILES string of the molecule is O=C1c2ccc(-c3cc(F)c(O)c(F)c3)nc2CCC1F. The molecule has 0 bridgehead atoms. The van der Waals surface area contributed by atoms with E-state index in [0.717, 1.165) is 12.1 Å². The van der Waals surface area contributed by atoms with E-state index in [0.29, 0.717) is 12.1 Å². The first-order valence-corrected chi connectivity index (χ1v) is 6.34. The third-order valence-corrected chi connectivity index (χ3v) is 3.47. The molecule has 1 atom stereocenters. The summed E-state index contributed by atoms with van der Waals surface area (Å²) in [6.45, 7) is 0. The molecule has 1 aromatic heterocycles. The molecule has 0 amide bonds. The van der Waals surface area contributed by atoms with Crippen molar-refractivity contribution in [2.24, 2.45) is 0 Å². The highest BCUT2D eigenvalue weighted by molar-refractivity contribution is 6.01. The molecule has 1 heterocycles. The monoisotopic (exact) mass is 293 g/mol. The van der Waals surface area contributed by atoms with Crippen molar-refractivity contribution in [3.05, 3.63) is 47.2 Å². The molecule has 0 spiro atoms. The number of carbonyl (C=O) groups is 1. The maximum Gasteiger partial charge on any atom is 0.198 e. The van der Waals surface area contributed by atoms with Crippen LogP contribution in [0.3, 0.4) is 0 Å². The molecule has 1 aliphatic rings. The molecule has 1 unspecified atom stereocenters. The Balaban J connectivity index is 2.07. The minimum atomic E-state index is -1.52. The number of halogens is 3. The topological polar surface area (TPSA) is 50.2 Å². The van der Waals surface area contributed by atoms with Gasteiger partial charge in [0.15, 0.2) is 29.3 Å². The quantitative estimate of drug-likeness (QED) is 0.878. The van der Waals surface area contributed by atoms with Crippen molar-refractivity contribution in [1.29, 1.82) is 0 Å². The molecule has 1 aliphatic carbocycles. The number of hydrogen-bond donors (Lipinski definition) is 1. The summed E-state index contributed by atoms with van der Waals surface area (Å²) < 4.78 is 40.0. The molecule has 0 saturated carbocycles. The minimum absolute atomic E-state index is 0.0561. The molecule has 21 heavy (non-hydrogen) atoms. The third kappa shape index (κ3) is 2.26. The van der Waals surface area contributed by atoms with Gasteiger partial charge in [0.1, 0.15) is 0 Å². The lowest BCUT2D eigenvalue weighted by atomic mass is 9.92. The molecule has 0 fully saturated rings. The van der Waals surface area contributed by atoms with Crippen molar-refractivity contribution < 1.29 is 23.1 Å². The fraction of sp³-hybridized carbons (Fsp3) is 0.200. The highest BCUT2D eigenvalue weighted by Crippen LogP contribution is 2.29. The van der Waals surface area contributed by atoms with Gasteiger partial charge in [-0.25, -0.2) is 13.2 Å². The molecule has 0 aliphatic heterocycles. The fourth-order valence-corrected chi connectivity index (χ4v) is 2.35. The Morgan fingerprint density at radius 2 is 1.86 bits per heavy atom. The summed E-state index contributed by atoms with van der Waals surface area (Å²) in [7, 11) is 0. The average Bonchev–Trinajstić information content (AvgIpc) is 2.48. The number of alkyl halides is 1. The van der Waals surface area contributed by atoms with Gasteiger partial charge < -0.3 is 5.11 Å². The Bertz CT molecular complexity index is 723. The third-order valence-electron chi connectivity index (χ3n) is 3.47. The Labute approximate surface area is 118 Å². The Morgan fingerprint density at radius 1 is 1.19 bits per heavy atom. The van der Waals surface area contributed by atoms with E-state index in [1.54, 1.807) is 0 Å². The molecule has 108 valence electrons. The van der Waals surface area contributed by atoms with Crippen molar-refractivity contribution in [3.8, 4) is 17.0 Å². The van der Waals surface area contributed by atoms with Gasteiger partial charge in [-0.2, -0.15) is 0 Å². The van der Waals surface area contributed by atoms with E-state index >= 15 is 0 Å². The summed E-state index contributed by atoms with van der Waals surface area (Å²) in [6, 6.07) is 4.72. The zero-order valence-corrected chi connectivity index (χ0v) is 10.7. The predicted molar refractivity (Wildman–Crippen MR) is 68.8 cm³/mol. The van der Waals surface area contributed by atoms with Crippen LogP contribution in [0.25, 0.3) is 11.3 Å². The molecule has 0 radical (unpaired) electrons. The van der Waals surface area contributed by atoms with Gasteiger partial charge in [0.05, 0.1) is 11.4 Å². The van der Waals surface area contributed by atoms with Crippen LogP contribution in [0.5, 0.6) is 5.75 Å². The van der Waals surface area contributed by atoms with E-state index in [2.05, 4.69) is 4.98 Å². The number of hydrogen-bond acceptors (Lipinski definition) is 3. The number of aryl methyl sites for hydroxylation is 1. The number of rotatable bonds is 1. The number of ketones is 1. The normalized spacial score (nSPS) is 17.7. The van der Waals surface area contributed by atoms with Crippen LogP contribution < -0.4 is 0 Å². The molecule has 1 aromatic carbocycles. The lowest BCUT2D eigenvalue weighted by Crippen LogP contribution is -2.24. The summed E-state index contributed by atoms with van der Waals surface area (Å²) in [5, 5.41) is 9.08. The van der Waals surface area contributed by atoms with Gasteiger partial charge in [-0.05, 0) is 37.1 Å². The van der Waals surface area contributed by atoms with Crippen LogP contribution in [-0.4, -0.2) is 22.0 Å². The molecule has 0 saturated heterocycles. The van der Waals surface area contributed by atoms with Crippen LogP contribution in [0.4, 0.5) is 13.2 Å². The number of phenolic OH excluding ortho intramolecular Hbond substituents is 1. The van der Waals surface area contributed by atoms with Gasteiger partial charge in [0.2, 0.25) is 0 Å². The lowest BCUT2D eigenvalue weighted by Gasteiger charge is -2.17. The Kier molecular flexibility index (Phi) is 3.16. The van der Waals surface area contributed by atoms with E-state index in [-0.39, 0.29) is 23.2 Å². The summed E-state index contributed by atoms with van der Waals surface area (Å²) in [6.07, 6.45) is -1.17. The number of carbonyl (C=O) groups excluding carboxylic acids is 1. The van der Waals surface area contributed by atoms with Crippen LogP contribution in [0.2, 0.25) is 0 Å². The van der Waals surface area contributed by atoms with Gasteiger partial charge in [-0.1, -0.05) is 0 Å². The number of aromatic hydroxyl groups is 1. The first-order chi connectivity index (χ1) is 9.97. The lowest BCUT2D eigenvalue weighted by molar-refractivity contribution is 0.0855. The standard InChI is InChI=1S/C15H10F3NO2/c16-9-2-4-13-8(14(9)20)1-3-12(19-13)7-5-10(17)15(21)11(18)6-7/h1,3,5-6,9,21H,2,4H2. The van der Waals surface area contributed by atoms with E-state index in [4.69, 9.17) is 5.11 Å². The summed E-state index contributed by atoms with van der Waals surface area (Å²) in [4.78, 5) is 15.8. The molecule has 3 rings (SSSR count). The first-order valence-electron chi connectivity index (χ1n) is 6.34. The highest BCUT2D eigenvalue weighted by atomic mass is 19.1. The number of benzene rings is 1. The van der Waals surface area contributed by atoms with E-state index in [1.165, 1.54) is 12.1 Å². The van der Waals surface area contributed by atoms with E-state index in [1.807, 2.05) is 0 Å². The summed E-state index contributed by atoms with van der Waals surface area (Å²) >= 11 is 0. The molecule has 6 heteroatoms. The van der Waals surface area contributed by atoms with Crippen LogP contribution >= 0.6 is 0 Å². The van der Waals surface area contributed by atoms with Crippen molar-refractivity contribution in [2.75, 3.05) is 0 Å². The number of fused-ring (bicyclic) bond motifs is 1. The average molecular weight is 293 g/mol. The number of Topliss-reactive ketones (excluding diaryl/α,β-unsaturated/α-hetero) is 1. The molecule has 1 N–H and O–H groups in total. The zero-order valence-electron chi connectivity index (χ0n) is 10.7. The Morgan fingerprint density at radius 3 is 2.52 bits per heavy atom. The molecular weight excluding hydrogens is 283 g/mol. The predicted octanol–water partition coefficient (Wildman–Crippen LogP) is 3.20. The second-order valence-electron chi connectivity index (χ2n) is 4.85. The van der Waals surface area contributed by atoms with Gasteiger partial charge >= 0.3 is 0 Å². The second kappa shape index (κ2) is 4.87. The molecular formula is C15H10F3NO2. The largest absolute Gasteiger partial charge is 0.503 e. The molecule has 3 nitrogen and oxygen atoms in total. The second-order valence-corrected chi connectivity index (χ2v) is 4.85. The van der Waals surface area contributed by atoms with Crippen molar-refractivity contribution in [1.82, 2.24) is 4.98 Å². The maximum absolute atomic E-state index is 13.4. The zero-order chi connectivity index (χ0) is 15.1. The minimum Gasteiger partial charge on any atom is -0.503 e. The van der Waals surface area contributed by atoms with Crippen molar-refractivity contribution in [3.63, 3.8) is 0 Å². The van der Waals surface area contributed by atoms with Crippen LogP contribution in [-0.2, 0) is 6.42 Å². The van der Waals surface area contributed by atoms with Gasteiger partial charge in [-0.3, -0.25) is 9.78 Å².